The molecule has 27 heavy (non-hydrogen) atoms. The highest BCUT2D eigenvalue weighted by atomic mass is 16.5. The molecule has 138 valence electrons. The second kappa shape index (κ2) is 8.22. The third-order valence-corrected chi connectivity index (χ3v) is 3.98. The molecule has 0 radical (unpaired) electrons. The summed E-state index contributed by atoms with van der Waals surface area (Å²) in [6, 6.07) is 14.0. The molecule has 0 unspecified atom stereocenters. The molecule has 8 nitrogen and oxygen atoms in total. The number of ether oxygens (including phenoxy) is 1. The number of aromatic nitrogens is 3. The van der Waals surface area contributed by atoms with E-state index in [1.165, 1.54) is 0 Å². The van der Waals surface area contributed by atoms with Crippen molar-refractivity contribution >= 4 is 22.8 Å². The standard InChI is InChI=1S/C19H18N4O4/c1-13-6-2-3-7-14(13)18(25)20-11-10-17(24)27-12-23-19(26)15-8-4-5-9-16(15)21-22-23/h2-9H,10-12H2,1H3,(H,20,25). The zero-order valence-corrected chi connectivity index (χ0v) is 14.7. The van der Waals surface area contributed by atoms with Crippen LogP contribution in [0.1, 0.15) is 22.3 Å². The predicted molar refractivity (Wildman–Crippen MR) is 98.0 cm³/mol. The van der Waals surface area contributed by atoms with Gasteiger partial charge in [-0.3, -0.25) is 14.4 Å². The zero-order chi connectivity index (χ0) is 19.2. The van der Waals surface area contributed by atoms with Crippen LogP contribution in [0.15, 0.2) is 53.3 Å². The highest BCUT2D eigenvalue weighted by molar-refractivity contribution is 5.95. The third kappa shape index (κ3) is 4.35. The summed E-state index contributed by atoms with van der Waals surface area (Å²) in [7, 11) is 0. The summed E-state index contributed by atoms with van der Waals surface area (Å²) in [5.74, 6) is -0.806. The number of rotatable bonds is 6. The van der Waals surface area contributed by atoms with Crippen LogP contribution in [0.2, 0.25) is 0 Å². The van der Waals surface area contributed by atoms with Crippen LogP contribution in [0.25, 0.3) is 10.9 Å². The van der Waals surface area contributed by atoms with Crippen LogP contribution >= 0.6 is 0 Å². The first-order chi connectivity index (χ1) is 13.1. The predicted octanol–water partition coefficient (Wildman–Crippen LogP) is 1.42. The Balaban J connectivity index is 1.50. The summed E-state index contributed by atoms with van der Waals surface area (Å²) >= 11 is 0. The molecule has 0 aliphatic rings. The number of hydrogen-bond acceptors (Lipinski definition) is 6. The molecule has 3 aromatic rings. The van der Waals surface area contributed by atoms with Gasteiger partial charge in [0, 0.05) is 12.1 Å². The number of fused-ring (bicyclic) bond motifs is 1. The van der Waals surface area contributed by atoms with Crippen LogP contribution in [-0.4, -0.2) is 33.4 Å². The van der Waals surface area contributed by atoms with E-state index in [2.05, 4.69) is 15.6 Å². The molecule has 3 rings (SSSR count). The van der Waals surface area contributed by atoms with Crippen molar-refractivity contribution in [3.63, 3.8) is 0 Å². The highest BCUT2D eigenvalue weighted by Gasteiger charge is 2.10. The van der Waals surface area contributed by atoms with Crippen molar-refractivity contribution in [1.29, 1.82) is 0 Å². The van der Waals surface area contributed by atoms with E-state index in [-0.39, 0.29) is 31.2 Å². The first-order valence-corrected chi connectivity index (χ1v) is 8.38. The van der Waals surface area contributed by atoms with Gasteiger partial charge in [0.15, 0.2) is 6.73 Å². The number of nitrogens with one attached hydrogen (secondary N) is 1. The van der Waals surface area contributed by atoms with Crippen LogP contribution in [-0.2, 0) is 16.3 Å². The number of esters is 1. The Morgan fingerprint density at radius 1 is 1.11 bits per heavy atom. The van der Waals surface area contributed by atoms with Gasteiger partial charge < -0.3 is 10.1 Å². The molecule has 0 fully saturated rings. The average molecular weight is 366 g/mol. The third-order valence-electron chi connectivity index (χ3n) is 3.98. The maximum atomic E-state index is 12.2. The normalized spacial score (nSPS) is 10.6. The maximum absolute atomic E-state index is 12.2. The molecule has 0 saturated carbocycles. The fourth-order valence-electron chi connectivity index (χ4n) is 2.51. The number of nitrogens with zero attached hydrogens (tertiary/aromatic N) is 3. The Morgan fingerprint density at radius 3 is 2.67 bits per heavy atom. The number of carbonyl (C=O) groups is 2. The number of amides is 1. The summed E-state index contributed by atoms with van der Waals surface area (Å²) in [6.07, 6.45) is -0.0205. The molecule has 0 spiro atoms. The highest BCUT2D eigenvalue weighted by Crippen LogP contribution is 2.06. The van der Waals surface area contributed by atoms with Crippen LogP contribution in [0.5, 0.6) is 0 Å². The first-order valence-electron chi connectivity index (χ1n) is 8.38. The lowest BCUT2D eigenvalue weighted by molar-refractivity contribution is -0.147. The largest absolute Gasteiger partial charge is 0.442 e. The molecule has 8 heteroatoms. The smallest absolute Gasteiger partial charge is 0.309 e. The van der Waals surface area contributed by atoms with Crippen LogP contribution in [0, 0.1) is 6.92 Å². The molecule has 0 bridgehead atoms. The molecule has 1 aromatic heterocycles. The van der Waals surface area contributed by atoms with Crippen molar-refractivity contribution in [2.75, 3.05) is 6.54 Å². The van der Waals surface area contributed by atoms with E-state index in [4.69, 9.17) is 4.74 Å². The lowest BCUT2D eigenvalue weighted by Gasteiger charge is -2.08. The Morgan fingerprint density at radius 2 is 1.85 bits per heavy atom. The summed E-state index contributed by atoms with van der Waals surface area (Å²) in [4.78, 5) is 36.2. The summed E-state index contributed by atoms with van der Waals surface area (Å²) in [6.45, 7) is 1.64. The van der Waals surface area contributed by atoms with Gasteiger partial charge in [0.2, 0.25) is 0 Å². The topological polar surface area (TPSA) is 103 Å². The van der Waals surface area contributed by atoms with Crippen molar-refractivity contribution < 1.29 is 14.3 Å². The molecule has 0 saturated heterocycles. The SMILES string of the molecule is Cc1ccccc1C(=O)NCCC(=O)OCn1nnc2ccccc2c1=O. The van der Waals surface area contributed by atoms with E-state index >= 15 is 0 Å². The van der Waals surface area contributed by atoms with E-state index in [1.807, 2.05) is 19.1 Å². The molecular formula is C19H18N4O4. The lowest BCUT2D eigenvalue weighted by Crippen LogP contribution is -2.29. The number of carbonyl (C=O) groups excluding carboxylic acids is 2. The number of benzene rings is 2. The zero-order valence-electron chi connectivity index (χ0n) is 14.7. The lowest BCUT2D eigenvalue weighted by atomic mass is 10.1. The van der Waals surface area contributed by atoms with Gasteiger partial charge in [-0.25, -0.2) is 0 Å². The number of aryl methyl sites for hydroxylation is 1. The quantitative estimate of drug-likeness (QED) is 0.662. The van der Waals surface area contributed by atoms with Crippen LogP contribution in [0.3, 0.4) is 0 Å². The average Bonchev–Trinajstić information content (AvgIpc) is 2.68. The van der Waals surface area contributed by atoms with Gasteiger partial charge in [-0.15, -0.1) is 5.10 Å². The van der Waals surface area contributed by atoms with Gasteiger partial charge in [-0.2, -0.15) is 4.68 Å². The van der Waals surface area contributed by atoms with Gasteiger partial charge in [0.1, 0.15) is 5.52 Å². The van der Waals surface area contributed by atoms with Gasteiger partial charge >= 0.3 is 5.97 Å². The van der Waals surface area contributed by atoms with Gasteiger partial charge in [0.05, 0.1) is 11.8 Å². The second-order valence-corrected chi connectivity index (χ2v) is 5.88. The Hall–Kier alpha value is -3.55. The van der Waals surface area contributed by atoms with E-state index in [9.17, 15) is 14.4 Å². The summed E-state index contributed by atoms with van der Waals surface area (Å²) < 4.78 is 6.02. The summed E-state index contributed by atoms with van der Waals surface area (Å²) in [5, 5.41) is 10.7. The van der Waals surface area contributed by atoms with E-state index in [0.717, 1.165) is 10.2 Å². The molecule has 1 amide bonds. The van der Waals surface area contributed by atoms with E-state index in [0.29, 0.717) is 16.5 Å². The molecule has 1 N–H and O–H groups in total. The van der Waals surface area contributed by atoms with Crippen molar-refractivity contribution in [1.82, 2.24) is 20.3 Å². The monoisotopic (exact) mass is 366 g/mol. The Labute approximate surface area is 154 Å². The Kier molecular flexibility index (Phi) is 5.55. The van der Waals surface area contributed by atoms with Gasteiger partial charge in [-0.05, 0) is 30.7 Å². The van der Waals surface area contributed by atoms with Crippen LogP contribution in [0.4, 0.5) is 0 Å². The molecular weight excluding hydrogens is 348 g/mol. The minimum atomic E-state index is -0.554. The van der Waals surface area contributed by atoms with E-state index < -0.39 is 5.97 Å². The van der Waals surface area contributed by atoms with Crippen molar-refractivity contribution in [2.24, 2.45) is 0 Å². The molecule has 0 aliphatic carbocycles. The molecule has 1 heterocycles. The van der Waals surface area contributed by atoms with Gasteiger partial charge in [-0.1, -0.05) is 35.5 Å². The minimum Gasteiger partial charge on any atom is -0.442 e. The van der Waals surface area contributed by atoms with Crippen molar-refractivity contribution in [3.8, 4) is 0 Å². The van der Waals surface area contributed by atoms with E-state index in [1.54, 1.807) is 36.4 Å². The minimum absolute atomic E-state index is 0.0205. The maximum Gasteiger partial charge on any atom is 0.309 e. The van der Waals surface area contributed by atoms with Crippen molar-refractivity contribution in [2.45, 2.75) is 20.1 Å². The Bertz CT molecular complexity index is 1050. The number of hydrogen-bond donors (Lipinski definition) is 1. The van der Waals surface area contributed by atoms with Gasteiger partial charge in [0.25, 0.3) is 11.5 Å². The summed E-state index contributed by atoms with van der Waals surface area (Å²) in [5.41, 5.74) is 1.50. The fraction of sp³-hybridized carbons (Fsp3) is 0.211. The molecule has 0 atom stereocenters. The van der Waals surface area contributed by atoms with Crippen molar-refractivity contribution in [3.05, 3.63) is 70.0 Å². The van der Waals surface area contributed by atoms with Crippen LogP contribution < -0.4 is 10.9 Å². The molecule has 2 aromatic carbocycles. The first kappa shape index (κ1) is 18.2. The fourth-order valence-corrected chi connectivity index (χ4v) is 2.51. The molecule has 0 aliphatic heterocycles. The second-order valence-electron chi connectivity index (χ2n) is 5.88.